The third kappa shape index (κ3) is 2.52. The number of aryl methyl sites for hydroxylation is 1. The van der Waals surface area contributed by atoms with Crippen LogP contribution in [0.5, 0.6) is 0 Å². The number of nitrogens with one attached hydrogen (secondary N) is 1. The van der Waals surface area contributed by atoms with Gasteiger partial charge in [-0.25, -0.2) is 18.2 Å². The van der Waals surface area contributed by atoms with Crippen molar-refractivity contribution in [2.75, 3.05) is 5.73 Å². The summed E-state index contributed by atoms with van der Waals surface area (Å²) in [5.41, 5.74) is 6.46. The minimum absolute atomic E-state index is 0.00757. The minimum Gasteiger partial charge on any atom is -0.381 e. The van der Waals surface area contributed by atoms with E-state index in [-0.39, 0.29) is 33.3 Å². The summed E-state index contributed by atoms with van der Waals surface area (Å²) in [6, 6.07) is 5.45. The molecule has 0 fully saturated rings. The second kappa shape index (κ2) is 5.92. The van der Waals surface area contributed by atoms with Gasteiger partial charge in [-0.3, -0.25) is 0 Å². The zero-order valence-corrected chi connectivity index (χ0v) is 14.0. The van der Waals surface area contributed by atoms with Crippen LogP contribution in [0.3, 0.4) is 0 Å². The summed E-state index contributed by atoms with van der Waals surface area (Å²) in [6.45, 7) is 0. The maximum atomic E-state index is 14.7. The maximum absolute atomic E-state index is 14.7. The molecule has 0 aliphatic rings. The highest BCUT2D eigenvalue weighted by Crippen LogP contribution is 2.38. The van der Waals surface area contributed by atoms with Crippen molar-refractivity contribution in [3.8, 4) is 28.5 Å². The molecule has 4 aromatic rings. The first-order chi connectivity index (χ1) is 12.9. The van der Waals surface area contributed by atoms with E-state index < -0.39 is 23.3 Å². The van der Waals surface area contributed by atoms with Crippen molar-refractivity contribution in [1.82, 2.24) is 14.5 Å². The van der Waals surface area contributed by atoms with Crippen LogP contribution in [0.25, 0.3) is 33.3 Å². The number of pyridine rings is 1. The third-order valence-electron chi connectivity index (χ3n) is 4.36. The van der Waals surface area contributed by atoms with E-state index in [2.05, 4.69) is 9.97 Å². The van der Waals surface area contributed by atoms with Crippen LogP contribution in [0, 0.1) is 28.8 Å². The molecule has 0 aliphatic heterocycles. The number of nitrogen functional groups attached to an aromatic ring is 1. The molecule has 0 unspecified atom stereocenters. The Morgan fingerprint density at radius 1 is 1.26 bits per heavy atom. The smallest absolute Gasteiger partial charge is 0.174 e. The summed E-state index contributed by atoms with van der Waals surface area (Å²) in [5, 5.41) is 9.88. The molecular weight excluding hydrogens is 355 g/mol. The van der Waals surface area contributed by atoms with Gasteiger partial charge in [-0.1, -0.05) is 0 Å². The summed E-state index contributed by atoms with van der Waals surface area (Å²) in [5.74, 6) is -2.79. The molecule has 0 saturated carbocycles. The van der Waals surface area contributed by atoms with Crippen molar-refractivity contribution < 1.29 is 13.2 Å². The topological polar surface area (TPSA) is 83.4 Å². The monoisotopic (exact) mass is 367 g/mol. The number of fused-ring (bicyclic) bond motifs is 1. The molecule has 0 saturated heterocycles. The standard InChI is InChI=1S/C19H12F3N5/c1-27-3-2-9(8-27)15-12(6-23)17(26-19(24)16(15)22)13-7-25-18-11(13)4-10(20)5-14(18)21/h2-5,7-8,25H,1H3,(H2,24,26). The number of aromatic amines is 1. The lowest BCUT2D eigenvalue weighted by molar-refractivity contribution is 0.591. The average molecular weight is 367 g/mol. The van der Waals surface area contributed by atoms with Crippen molar-refractivity contribution in [2.24, 2.45) is 7.05 Å². The molecule has 0 radical (unpaired) electrons. The highest BCUT2D eigenvalue weighted by atomic mass is 19.1. The van der Waals surface area contributed by atoms with E-state index in [1.165, 1.54) is 6.20 Å². The first-order valence-corrected chi connectivity index (χ1v) is 7.88. The second-order valence-electron chi connectivity index (χ2n) is 6.10. The van der Waals surface area contributed by atoms with Crippen molar-refractivity contribution >= 4 is 16.7 Å². The minimum atomic E-state index is -0.821. The van der Waals surface area contributed by atoms with Crippen LogP contribution in [-0.4, -0.2) is 14.5 Å². The number of H-pyrrole nitrogens is 1. The van der Waals surface area contributed by atoms with Crippen LogP contribution in [0.4, 0.5) is 19.0 Å². The fourth-order valence-corrected chi connectivity index (χ4v) is 3.16. The fraction of sp³-hybridized carbons (Fsp3) is 0.0526. The second-order valence-corrected chi connectivity index (χ2v) is 6.10. The van der Waals surface area contributed by atoms with Gasteiger partial charge >= 0.3 is 0 Å². The summed E-state index contributed by atoms with van der Waals surface area (Å²) in [4.78, 5) is 6.70. The lowest BCUT2D eigenvalue weighted by Crippen LogP contribution is -2.03. The van der Waals surface area contributed by atoms with Crippen LogP contribution in [0.2, 0.25) is 0 Å². The van der Waals surface area contributed by atoms with Gasteiger partial charge in [0.15, 0.2) is 11.6 Å². The molecule has 3 N–H and O–H groups in total. The van der Waals surface area contributed by atoms with E-state index in [1.807, 2.05) is 6.07 Å². The third-order valence-corrected chi connectivity index (χ3v) is 4.36. The molecule has 8 heteroatoms. The quantitative estimate of drug-likeness (QED) is 0.559. The van der Waals surface area contributed by atoms with Crippen molar-refractivity contribution in [1.29, 1.82) is 5.26 Å². The van der Waals surface area contributed by atoms with Gasteiger partial charge in [0.25, 0.3) is 0 Å². The summed E-state index contributed by atoms with van der Waals surface area (Å²) >= 11 is 0. The van der Waals surface area contributed by atoms with Gasteiger partial charge < -0.3 is 15.3 Å². The molecule has 4 rings (SSSR count). The molecule has 1 aromatic carbocycles. The van der Waals surface area contributed by atoms with E-state index in [9.17, 15) is 18.4 Å². The van der Waals surface area contributed by atoms with Gasteiger partial charge in [0.05, 0.1) is 16.8 Å². The number of aromatic nitrogens is 3. The van der Waals surface area contributed by atoms with Crippen LogP contribution >= 0.6 is 0 Å². The Morgan fingerprint density at radius 3 is 2.70 bits per heavy atom. The highest BCUT2D eigenvalue weighted by Gasteiger charge is 2.24. The highest BCUT2D eigenvalue weighted by molar-refractivity contribution is 5.98. The van der Waals surface area contributed by atoms with Gasteiger partial charge in [0.2, 0.25) is 0 Å². The predicted octanol–water partition coefficient (Wildman–Crippen LogP) is 4.11. The first kappa shape index (κ1) is 16.7. The molecule has 3 aromatic heterocycles. The lowest BCUT2D eigenvalue weighted by Gasteiger charge is -2.11. The molecule has 27 heavy (non-hydrogen) atoms. The number of nitrogens with two attached hydrogens (primary N) is 1. The Labute approximate surface area is 151 Å². The number of hydrogen-bond acceptors (Lipinski definition) is 3. The van der Waals surface area contributed by atoms with Crippen LogP contribution in [0.1, 0.15) is 5.56 Å². The number of nitriles is 1. The van der Waals surface area contributed by atoms with Gasteiger partial charge in [-0.05, 0) is 12.1 Å². The molecular formula is C19H12F3N5. The molecule has 0 spiro atoms. The average Bonchev–Trinajstić information content (AvgIpc) is 3.23. The fourth-order valence-electron chi connectivity index (χ4n) is 3.16. The zero-order chi connectivity index (χ0) is 19.3. The maximum Gasteiger partial charge on any atom is 0.174 e. The lowest BCUT2D eigenvalue weighted by atomic mass is 9.97. The molecule has 0 aliphatic carbocycles. The van der Waals surface area contributed by atoms with Crippen LogP contribution in [0.15, 0.2) is 36.8 Å². The zero-order valence-electron chi connectivity index (χ0n) is 14.0. The summed E-state index contributed by atoms with van der Waals surface area (Å²) < 4.78 is 44.2. The Hall–Kier alpha value is -3.73. The SMILES string of the molecule is Cn1ccc(-c2c(F)c(N)nc(-c3c[nH]c4c(F)cc(F)cc34)c2C#N)c1. The van der Waals surface area contributed by atoms with Crippen LogP contribution < -0.4 is 5.73 Å². The van der Waals surface area contributed by atoms with Crippen LogP contribution in [-0.2, 0) is 7.05 Å². The Morgan fingerprint density at radius 2 is 2.04 bits per heavy atom. The Kier molecular flexibility index (Phi) is 3.66. The normalized spacial score (nSPS) is 11.1. The summed E-state index contributed by atoms with van der Waals surface area (Å²) in [6.07, 6.45) is 4.72. The molecule has 0 amide bonds. The van der Waals surface area contributed by atoms with E-state index in [1.54, 1.807) is 30.1 Å². The van der Waals surface area contributed by atoms with E-state index in [4.69, 9.17) is 5.73 Å². The number of hydrogen-bond donors (Lipinski definition) is 2. The molecule has 0 atom stereocenters. The van der Waals surface area contributed by atoms with E-state index in [0.29, 0.717) is 5.56 Å². The number of rotatable bonds is 2. The molecule has 0 bridgehead atoms. The molecule has 3 heterocycles. The van der Waals surface area contributed by atoms with Gasteiger partial charge in [-0.15, -0.1) is 0 Å². The number of benzene rings is 1. The Balaban J connectivity index is 2.09. The molecule has 134 valence electrons. The number of anilines is 1. The Bertz CT molecular complexity index is 1250. The number of nitrogens with zero attached hydrogens (tertiary/aromatic N) is 3. The largest absolute Gasteiger partial charge is 0.381 e. The van der Waals surface area contributed by atoms with Crippen molar-refractivity contribution in [3.63, 3.8) is 0 Å². The summed E-state index contributed by atoms with van der Waals surface area (Å²) in [7, 11) is 1.75. The van der Waals surface area contributed by atoms with E-state index in [0.717, 1.165) is 12.1 Å². The van der Waals surface area contributed by atoms with E-state index >= 15 is 0 Å². The van der Waals surface area contributed by atoms with Crippen molar-refractivity contribution in [2.45, 2.75) is 0 Å². The predicted molar refractivity (Wildman–Crippen MR) is 94.9 cm³/mol. The van der Waals surface area contributed by atoms with Gasteiger partial charge in [0, 0.05) is 53.8 Å². The first-order valence-electron chi connectivity index (χ1n) is 7.88. The number of halogens is 3. The molecule has 5 nitrogen and oxygen atoms in total. The van der Waals surface area contributed by atoms with Gasteiger partial charge in [0.1, 0.15) is 17.7 Å². The van der Waals surface area contributed by atoms with Gasteiger partial charge in [-0.2, -0.15) is 5.26 Å². The van der Waals surface area contributed by atoms with Crippen molar-refractivity contribution in [3.05, 3.63) is 59.8 Å².